The van der Waals surface area contributed by atoms with Crippen LogP contribution >= 0.6 is 22.6 Å². The van der Waals surface area contributed by atoms with Gasteiger partial charge in [0, 0.05) is 26.2 Å². The number of hydrogen-bond acceptors (Lipinski definition) is 9. The maximum atomic E-state index is 11.3. The summed E-state index contributed by atoms with van der Waals surface area (Å²) in [5.41, 5.74) is 0. The third-order valence-electron chi connectivity index (χ3n) is 4.76. The van der Waals surface area contributed by atoms with E-state index in [4.69, 9.17) is 38.3 Å². The average Bonchev–Trinajstić information content (AvgIpc) is 2.89. The van der Waals surface area contributed by atoms with E-state index in [1.54, 1.807) is 0 Å². The van der Waals surface area contributed by atoms with Crippen molar-refractivity contribution in [3.63, 3.8) is 0 Å². The maximum Gasteiger partial charge on any atom is 0.303 e. The average molecular weight is 650 g/mol. The summed E-state index contributed by atoms with van der Waals surface area (Å²) in [5, 5.41) is 11.2. The number of carbonyl (C=O) groups is 2. The predicted molar refractivity (Wildman–Crippen MR) is 148 cm³/mol. The van der Waals surface area contributed by atoms with Gasteiger partial charge in [-0.15, -0.1) is 0 Å². The largest absolute Gasteiger partial charge is 0.481 e. The minimum Gasteiger partial charge on any atom is -0.481 e. The minimum absolute atomic E-state index is 0.00135. The normalized spacial score (nSPS) is 11.2. The third-order valence-corrected chi connectivity index (χ3v) is 5.52. The highest BCUT2D eigenvalue weighted by Gasteiger charge is 2.04. The molecule has 2 N–H and O–H groups in total. The Kier molecular flexibility index (Phi) is 31.1. The number of alkyl halides is 1. The van der Waals surface area contributed by atoms with E-state index in [0.29, 0.717) is 98.9 Å². The zero-order valence-electron chi connectivity index (χ0n) is 22.3. The highest BCUT2D eigenvalue weighted by Crippen LogP contribution is 2.02. The van der Waals surface area contributed by atoms with Crippen molar-refractivity contribution in [3.8, 4) is 0 Å². The Bertz CT molecular complexity index is 502. The molecule has 0 aromatic rings. The first-order valence-corrected chi connectivity index (χ1v) is 14.8. The fourth-order valence-corrected chi connectivity index (χ4v) is 3.32. The van der Waals surface area contributed by atoms with Gasteiger partial charge in [0.15, 0.2) is 0 Å². The van der Waals surface area contributed by atoms with Gasteiger partial charge >= 0.3 is 5.97 Å². The number of hydrogen-bond donors (Lipinski definition) is 2. The molecule has 0 atom stereocenters. The Morgan fingerprint density at radius 1 is 0.514 bits per heavy atom. The second-order valence-electron chi connectivity index (χ2n) is 7.99. The molecule has 12 heteroatoms. The van der Waals surface area contributed by atoms with Crippen molar-refractivity contribution in [1.82, 2.24) is 5.32 Å². The molecule has 0 aliphatic carbocycles. The topological polar surface area (TPSA) is 131 Å². The van der Waals surface area contributed by atoms with Crippen molar-refractivity contribution in [1.29, 1.82) is 0 Å². The zero-order valence-corrected chi connectivity index (χ0v) is 24.4. The number of rotatable bonds is 31. The number of nitrogens with one attached hydrogen (secondary N) is 1. The first kappa shape index (κ1) is 36.4. The van der Waals surface area contributed by atoms with Gasteiger partial charge in [0.25, 0.3) is 0 Å². The van der Waals surface area contributed by atoms with E-state index in [9.17, 15) is 9.59 Å². The summed E-state index contributed by atoms with van der Waals surface area (Å²) < 4.78 is 39.4. The van der Waals surface area contributed by atoms with Gasteiger partial charge in [-0.25, -0.2) is 0 Å². The molecular formula is C25H48INO10. The Balaban J connectivity index is 3.07. The van der Waals surface area contributed by atoms with Gasteiger partial charge in [-0.05, 0) is 23.7 Å². The highest BCUT2D eigenvalue weighted by atomic mass is 127. The summed E-state index contributed by atoms with van der Waals surface area (Å²) in [7, 11) is 0. The van der Waals surface area contributed by atoms with E-state index in [2.05, 4.69) is 27.9 Å². The molecule has 220 valence electrons. The van der Waals surface area contributed by atoms with Crippen LogP contribution in [0.5, 0.6) is 0 Å². The van der Waals surface area contributed by atoms with Crippen LogP contribution in [0.15, 0.2) is 0 Å². The molecule has 0 unspecified atom stereocenters. The SMILES string of the molecule is O=C(O)CCC(=O)NCCCOCCOCCOCCOCCOCCOCCOCCCCCCI. The Hall–Kier alpha value is -0.610. The summed E-state index contributed by atoms with van der Waals surface area (Å²) in [5.74, 6) is -1.23. The zero-order chi connectivity index (χ0) is 27.1. The van der Waals surface area contributed by atoms with Crippen LogP contribution in [0, 0.1) is 0 Å². The standard InChI is InChI=1S/C25H48INO10/c26-8-3-1-2-4-10-31-12-14-33-16-18-35-20-22-37-23-21-36-19-17-34-15-13-32-11-5-9-27-24(28)6-7-25(29)30/h1-23H2,(H,27,28)(H,29,30). The first-order chi connectivity index (χ1) is 18.2. The fraction of sp³-hybridized carbons (Fsp3) is 0.920. The van der Waals surface area contributed by atoms with Crippen LogP contribution in [0.4, 0.5) is 0 Å². The van der Waals surface area contributed by atoms with Crippen LogP contribution in [0.3, 0.4) is 0 Å². The van der Waals surface area contributed by atoms with E-state index in [1.165, 1.54) is 23.7 Å². The lowest BCUT2D eigenvalue weighted by Gasteiger charge is -2.08. The number of unbranched alkanes of at least 4 members (excludes halogenated alkanes) is 3. The molecule has 0 radical (unpaired) electrons. The lowest BCUT2D eigenvalue weighted by molar-refractivity contribution is -0.138. The van der Waals surface area contributed by atoms with Crippen molar-refractivity contribution < 1.29 is 47.9 Å². The van der Waals surface area contributed by atoms with E-state index in [-0.39, 0.29) is 18.7 Å². The summed E-state index contributed by atoms with van der Waals surface area (Å²) in [6.07, 6.45) is 5.46. The third kappa shape index (κ3) is 33.4. The smallest absolute Gasteiger partial charge is 0.303 e. The number of halogens is 1. The van der Waals surface area contributed by atoms with Gasteiger partial charge in [0.2, 0.25) is 5.91 Å². The summed E-state index contributed by atoms with van der Waals surface area (Å²) in [6.45, 7) is 8.07. The molecule has 0 saturated carbocycles. The summed E-state index contributed by atoms with van der Waals surface area (Å²) >= 11 is 2.41. The monoisotopic (exact) mass is 649 g/mol. The number of carbonyl (C=O) groups excluding carboxylic acids is 1. The Morgan fingerprint density at radius 3 is 1.30 bits per heavy atom. The number of carboxylic acids is 1. The molecule has 0 heterocycles. The molecule has 11 nitrogen and oxygen atoms in total. The van der Waals surface area contributed by atoms with Crippen LogP contribution < -0.4 is 5.32 Å². The Labute approximate surface area is 235 Å². The predicted octanol–water partition coefficient (Wildman–Crippen LogP) is 2.47. The number of amides is 1. The molecule has 0 aromatic heterocycles. The fourth-order valence-electron chi connectivity index (χ4n) is 2.78. The lowest BCUT2D eigenvalue weighted by atomic mass is 10.2. The first-order valence-electron chi connectivity index (χ1n) is 13.3. The molecule has 0 fully saturated rings. The van der Waals surface area contributed by atoms with Gasteiger partial charge in [-0.2, -0.15) is 0 Å². The van der Waals surface area contributed by atoms with Crippen molar-refractivity contribution >= 4 is 34.5 Å². The van der Waals surface area contributed by atoms with Crippen LogP contribution in [-0.2, 0) is 42.7 Å². The highest BCUT2D eigenvalue weighted by molar-refractivity contribution is 14.1. The van der Waals surface area contributed by atoms with Crippen LogP contribution in [0.25, 0.3) is 0 Å². The molecule has 0 aliphatic heterocycles. The van der Waals surface area contributed by atoms with E-state index >= 15 is 0 Å². The Morgan fingerprint density at radius 2 is 0.892 bits per heavy atom. The molecular weight excluding hydrogens is 601 g/mol. The van der Waals surface area contributed by atoms with Crippen LogP contribution in [0.1, 0.15) is 44.9 Å². The maximum absolute atomic E-state index is 11.3. The number of carboxylic acid groups (broad SMARTS) is 1. The van der Waals surface area contributed by atoms with Gasteiger partial charge in [-0.1, -0.05) is 35.4 Å². The molecule has 37 heavy (non-hydrogen) atoms. The van der Waals surface area contributed by atoms with Gasteiger partial charge in [0.05, 0.1) is 85.7 Å². The molecule has 0 rings (SSSR count). The van der Waals surface area contributed by atoms with Gasteiger partial charge in [0.1, 0.15) is 0 Å². The molecule has 1 amide bonds. The number of aliphatic carboxylic acids is 1. The molecule has 0 spiro atoms. The second-order valence-corrected chi connectivity index (χ2v) is 9.07. The van der Waals surface area contributed by atoms with E-state index in [0.717, 1.165) is 13.0 Å². The summed E-state index contributed by atoms with van der Waals surface area (Å²) in [6, 6.07) is 0. The minimum atomic E-state index is -0.976. The second kappa shape index (κ2) is 31.6. The molecule has 0 saturated heterocycles. The van der Waals surface area contributed by atoms with E-state index in [1.807, 2.05) is 0 Å². The quantitative estimate of drug-likeness (QED) is 0.0657. The van der Waals surface area contributed by atoms with Crippen LogP contribution in [0.2, 0.25) is 0 Å². The van der Waals surface area contributed by atoms with Gasteiger partial charge in [-0.3, -0.25) is 9.59 Å². The van der Waals surface area contributed by atoms with Crippen LogP contribution in [-0.4, -0.2) is 120 Å². The molecule has 0 aliphatic rings. The molecule has 0 aromatic carbocycles. The van der Waals surface area contributed by atoms with Crippen molar-refractivity contribution in [3.05, 3.63) is 0 Å². The lowest BCUT2D eigenvalue weighted by Crippen LogP contribution is -2.25. The summed E-state index contributed by atoms with van der Waals surface area (Å²) in [4.78, 5) is 21.7. The van der Waals surface area contributed by atoms with Crippen molar-refractivity contribution in [2.24, 2.45) is 0 Å². The molecule has 0 bridgehead atoms. The van der Waals surface area contributed by atoms with Crippen molar-refractivity contribution in [2.45, 2.75) is 44.9 Å². The van der Waals surface area contributed by atoms with Gasteiger partial charge < -0.3 is 43.6 Å². The van der Waals surface area contributed by atoms with E-state index < -0.39 is 5.97 Å². The van der Waals surface area contributed by atoms with Crippen molar-refractivity contribution in [2.75, 3.05) is 103 Å². The number of ether oxygens (including phenoxy) is 7.